The van der Waals surface area contributed by atoms with Crippen molar-refractivity contribution < 1.29 is 4.79 Å². The number of pyridine rings is 1. The normalized spacial score (nSPS) is 10.5. The monoisotopic (exact) mass is 250 g/mol. The fourth-order valence-corrected chi connectivity index (χ4v) is 1.55. The molecule has 0 fully saturated rings. The number of carbonyl (C=O) groups is 1. The molecule has 1 heterocycles. The lowest BCUT2D eigenvalue weighted by molar-refractivity contribution is 0.0952. The van der Waals surface area contributed by atoms with Crippen LogP contribution in [0.2, 0.25) is 0 Å². The molecule has 0 atom stereocenters. The molecule has 0 saturated carbocycles. The third kappa shape index (κ3) is 4.33. The number of nitrogens with zero attached hydrogens (tertiary/aromatic N) is 1. The van der Waals surface area contributed by atoms with Gasteiger partial charge in [-0.25, -0.2) is 10.8 Å². The molecule has 0 aliphatic carbocycles. The third-order valence-corrected chi connectivity index (χ3v) is 2.66. The lowest BCUT2D eigenvalue weighted by Gasteiger charge is -2.09. The van der Waals surface area contributed by atoms with E-state index in [0.717, 1.165) is 18.5 Å². The van der Waals surface area contributed by atoms with Gasteiger partial charge < -0.3 is 10.7 Å². The Morgan fingerprint density at radius 2 is 2.17 bits per heavy atom. The highest BCUT2D eigenvalue weighted by molar-refractivity contribution is 5.94. The second kappa shape index (κ2) is 6.96. The van der Waals surface area contributed by atoms with Gasteiger partial charge in [-0.05, 0) is 30.9 Å². The minimum absolute atomic E-state index is 0.0794. The Bertz CT molecular complexity index is 382. The molecule has 1 aromatic rings. The van der Waals surface area contributed by atoms with Crippen molar-refractivity contribution in [2.45, 2.75) is 33.6 Å². The summed E-state index contributed by atoms with van der Waals surface area (Å²) in [6.07, 6.45) is 1.74. The standard InChI is InChI=1S/C13H22N4O/c1-4-11-7-10(8-12(16-11)17-14)13(18)15-6-5-9(2)3/h7-9H,4-6,14H2,1-3H3,(H,15,18)(H,16,17). The van der Waals surface area contributed by atoms with Crippen LogP contribution in [0.15, 0.2) is 12.1 Å². The first kappa shape index (κ1) is 14.4. The Kier molecular flexibility index (Phi) is 5.58. The summed E-state index contributed by atoms with van der Waals surface area (Å²) in [6, 6.07) is 3.45. The molecule has 1 amide bonds. The van der Waals surface area contributed by atoms with E-state index in [1.54, 1.807) is 12.1 Å². The fraction of sp³-hybridized carbons (Fsp3) is 0.538. The topological polar surface area (TPSA) is 80.0 Å². The maximum atomic E-state index is 12.0. The van der Waals surface area contributed by atoms with E-state index in [1.165, 1.54) is 0 Å². The molecule has 0 aliphatic heterocycles. The zero-order valence-electron chi connectivity index (χ0n) is 11.3. The Balaban J connectivity index is 2.72. The molecular weight excluding hydrogens is 228 g/mol. The van der Waals surface area contributed by atoms with E-state index in [1.807, 2.05) is 6.92 Å². The Morgan fingerprint density at radius 1 is 1.44 bits per heavy atom. The maximum absolute atomic E-state index is 12.0. The molecule has 0 unspecified atom stereocenters. The third-order valence-electron chi connectivity index (χ3n) is 2.66. The van der Waals surface area contributed by atoms with E-state index in [2.05, 4.69) is 29.6 Å². The highest BCUT2D eigenvalue weighted by Crippen LogP contribution is 2.10. The molecule has 0 spiro atoms. The number of hydrogen-bond donors (Lipinski definition) is 3. The molecule has 1 rings (SSSR count). The van der Waals surface area contributed by atoms with Crippen LogP contribution in [0.5, 0.6) is 0 Å². The van der Waals surface area contributed by atoms with Crippen molar-refractivity contribution in [2.24, 2.45) is 11.8 Å². The summed E-state index contributed by atoms with van der Waals surface area (Å²) in [5.74, 6) is 6.35. The molecule has 0 radical (unpaired) electrons. The van der Waals surface area contributed by atoms with Crippen molar-refractivity contribution in [3.8, 4) is 0 Å². The largest absolute Gasteiger partial charge is 0.352 e. The Hall–Kier alpha value is -1.62. The first-order valence-corrected chi connectivity index (χ1v) is 6.32. The highest BCUT2D eigenvalue weighted by atomic mass is 16.1. The van der Waals surface area contributed by atoms with Crippen molar-refractivity contribution >= 4 is 11.7 Å². The predicted octanol–water partition coefficient (Wildman–Crippen LogP) is 1.71. The fourth-order valence-electron chi connectivity index (χ4n) is 1.55. The predicted molar refractivity (Wildman–Crippen MR) is 73.2 cm³/mol. The van der Waals surface area contributed by atoms with Crippen molar-refractivity contribution in [1.82, 2.24) is 10.3 Å². The summed E-state index contributed by atoms with van der Waals surface area (Å²) in [6.45, 7) is 6.93. The number of nitrogens with two attached hydrogens (primary N) is 1. The quantitative estimate of drug-likeness (QED) is 0.530. The zero-order valence-corrected chi connectivity index (χ0v) is 11.3. The van der Waals surface area contributed by atoms with Gasteiger partial charge in [0, 0.05) is 17.8 Å². The average molecular weight is 250 g/mol. The lowest BCUT2D eigenvalue weighted by atomic mass is 10.1. The zero-order chi connectivity index (χ0) is 13.5. The molecule has 18 heavy (non-hydrogen) atoms. The number of aromatic nitrogens is 1. The maximum Gasteiger partial charge on any atom is 0.251 e. The molecule has 4 N–H and O–H groups in total. The van der Waals surface area contributed by atoms with E-state index in [4.69, 9.17) is 5.84 Å². The number of anilines is 1. The van der Waals surface area contributed by atoms with Crippen LogP contribution in [0.4, 0.5) is 5.82 Å². The van der Waals surface area contributed by atoms with Crippen LogP contribution >= 0.6 is 0 Å². The molecule has 1 aromatic heterocycles. The number of nitrogens with one attached hydrogen (secondary N) is 2. The van der Waals surface area contributed by atoms with Gasteiger partial charge >= 0.3 is 0 Å². The van der Waals surface area contributed by atoms with Crippen LogP contribution in [0.1, 0.15) is 43.2 Å². The van der Waals surface area contributed by atoms with Gasteiger partial charge in [-0.3, -0.25) is 4.79 Å². The number of carbonyl (C=O) groups excluding carboxylic acids is 1. The van der Waals surface area contributed by atoms with Gasteiger partial charge in [0.25, 0.3) is 5.91 Å². The summed E-state index contributed by atoms with van der Waals surface area (Å²) >= 11 is 0. The van der Waals surface area contributed by atoms with Crippen molar-refractivity contribution in [3.63, 3.8) is 0 Å². The van der Waals surface area contributed by atoms with E-state index in [9.17, 15) is 4.79 Å². The molecule has 100 valence electrons. The summed E-state index contributed by atoms with van der Waals surface area (Å²) < 4.78 is 0. The van der Waals surface area contributed by atoms with E-state index in [-0.39, 0.29) is 5.91 Å². The summed E-state index contributed by atoms with van der Waals surface area (Å²) in [5, 5.41) is 2.90. The van der Waals surface area contributed by atoms with Gasteiger partial charge in [-0.1, -0.05) is 20.8 Å². The average Bonchev–Trinajstić information content (AvgIpc) is 2.37. The van der Waals surface area contributed by atoms with Gasteiger partial charge in [-0.15, -0.1) is 0 Å². The van der Waals surface area contributed by atoms with Crippen LogP contribution < -0.4 is 16.6 Å². The second-order valence-corrected chi connectivity index (χ2v) is 4.67. The molecule has 0 aliphatic rings. The van der Waals surface area contributed by atoms with Gasteiger partial charge in [0.05, 0.1) is 0 Å². The van der Waals surface area contributed by atoms with Gasteiger partial charge in [0.1, 0.15) is 5.82 Å². The number of amides is 1. The summed E-state index contributed by atoms with van der Waals surface area (Å²) in [7, 11) is 0. The molecule has 0 bridgehead atoms. The Morgan fingerprint density at radius 3 is 2.72 bits per heavy atom. The van der Waals surface area contributed by atoms with Gasteiger partial charge in [0.2, 0.25) is 0 Å². The molecule has 5 heteroatoms. The minimum atomic E-state index is -0.0794. The number of nitrogen functional groups attached to an aromatic ring is 1. The SMILES string of the molecule is CCc1cc(C(=O)NCCC(C)C)cc(NN)n1. The first-order valence-electron chi connectivity index (χ1n) is 6.32. The van der Waals surface area contributed by atoms with Crippen molar-refractivity contribution in [1.29, 1.82) is 0 Å². The first-order chi connectivity index (χ1) is 8.56. The number of hydrazine groups is 1. The summed E-state index contributed by atoms with van der Waals surface area (Å²) in [5.41, 5.74) is 3.92. The molecular formula is C13H22N4O. The van der Waals surface area contributed by atoms with Gasteiger partial charge in [0.15, 0.2) is 0 Å². The minimum Gasteiger partial charge on any atom is -0.352 e. The van der Waals surface area contributed by atoms with Crippen molar-refractivity contribution in [2.75, 3.05) is 12.0 Å². The van der Waals surface area contributed by atoms with Crippen molar-refractivity contribution in [3.05, 3.63) is 23.4 Å². The van der Waals surface area contributed by atoms with Crippen LogP contribution in [0.25, 0.3) is 0 Å². The van der Waals surface area contributed by atoms with E-state index >= 15 is 0 Å². The Labute approximate surface area is 108 Å². The van der Waals surface area contributed by atoms with E-state index in [0.29, 0.717) is 23.8 Å². The lowest BCUT2D eigenvalue weighted by Crippen LogP contribution is -2.26. The molecule has 0 saturated heterocycles. The smallest absolute Gasteiger partial charge is 0.251 e. The van der Waals surface area contributed by atoms with Crippen LogP contribution in [-0.2, 0) is 6.42 Å². The number of hydrogen-bond acceptors (Lipinski definition) is 4. The number of aryl methyl sites for hydroxylation is 1. The second-order valence-electron chi connectivity index (χ2n) is 4.67. The van der Waals surface area contributed by atoms with Crippen LogP contribution in [0.3, 0.4) is 0 Å². The highest BCUT2D eigenvalue weighted by Gasteiger charge is 2.08. The van der Waals surface area contributed by atoms with Crippen LogP contribution in [0, 0.1) is 5.92 Å². The number of rotatable bonds is 6. The van der Waals surface area contributed by atoms with E-state index < -0.39 is 0 Å². The van der Waals surface area contributed by atoms with Crippen LogP contribution in [-0.4, -0.2) is 17.4 Å². The van der Waals surface area contributed by atoms with Gasteiger partial charge in [-0.2, -0.15) is 0 Å². The summed E-state index contributed by atoms with van der Waals surface area (Å²) in [4.78, 5) is 16.2. The molecule has 0 aromatic carbocycles. The molecule has 5 nitrogen and oxygen atoms in total.